The Kier molecular flexibility index (Phi) is 37.1. The highest BCUT2D eigenvalue weighted by atomic mass is 31.2. The normalized spacial score (nSPS) is 15.4. The molecule has 0 aromatic heterocycles. The van der Waals surface area contributed by atoms with Crippen molar-refractivity contribution in [3.05, 3.63) is 60.8 Å². The van der Waals surface area contributed by atoms with Crippen molar-refractivity contribution in [2.75, 3.05) is 54.1 Å². The van der Waals surface area contributed by atoms with Gasteiger partial charge in [0, 0.05) is 13.0 Å². The van der Waals surface area contributed by atoms with Gasteiger partial charge in [-0.15, -0.1) is 0 Å². The van der Waals surface area contributed by atoms with Crippen LogP contribution in [0.4, 0.5) is 0 Å². The van der Waals surface area contributed by atoms with Gasteiger partial charge < -0.3 is 38.1 Å². The summed E-state index contributed by atoms with van der Waals surface area (Å²) in [5, 5.41) is 19.3. The number of phosphoric acid groups is 1. The molecule has 0 rings (SSSR count). The van der Waals surface area contributed by atoms with Gasteiger partial charge in [0.05, 0.1) is 46.6 Å². The van der Waals surface area contributed by atoms with E-state index in [1.807, 2.05) is 52.4 Å². The Morgan fingerprint density at radius 1 is 0.632 bits per heavy atom. The molecule has 2 N–H and O–H groups in total. The molecule has 0 saturated heterocycles. The molecule has 57 heavy (non-hydrogen) atoms. The predicted octanol–water partition coefficient (Wildman–Crippen LogP) is 10.2. The monoisotopic (exact) mass is 826 g/mol. The minimum Gasteiger partial charge on any atom is -0.756 e. The Morgan fingerprint density at radius 2 is 1.11 bits per heavy atom. The lowest BCUT2D eigenvalue weighted by Crippen LogP contribution is -2.37. The van der Waals surface area contributed by atoms with E-state index in [0.29, 0.717) is 36.9 Å². The zero-order valence-electron chi connectivity index (χ0n) is 36.7. The predicted molar refractivity (Wildman–Crippen MR) is 234 cm³/mol. The molecule has 4 unspecified atom stereocenters. The van der Waals surface area contributed by atoms with Crippen LogP contribution in [0.3, 0.4) is 0 Å². The van der Waals surface area contributed by atoms with Crippen molar-refractivity contribution in [2.45, 2.75) is 173 Å². The summed E-state index contributed by atoms with van der Waals surface area (Å²) < 4.78 is 34.4. The summed E-state index contributed by atoms with van der Waals surface area (Å²) in [5.41, 5.74) is 0. The molecule has 0 saturated carbocycles. The van der Waals surface area contributed by atoms with Crippen LogP contribution in [-0.4, -0.2) is 93.1 Å². The highest BCUT2D eigenvalue weighted by molar-refractivity contribution is 7.45. The number of phosphoric ester groups is 1. The molecule has 0 aliphatic heterocycles. The van der Waals surface area contributed by atoms with Crippen LogP contribution in [-0.2, 0) is 27.9 Å². The smallest absolute Gasteiger partial charge is 0.306 e. The van der Waals surface area contributed by atoms with Crippen molar-refractivity contribution >= 4 is 13.8 Å². The maximum atomic E-state index is 12.6. The molecule has 0 aromatic rings. The second kappa shape index (κ2) is 38.3. The molecule has 0 amide bonds. The van der Waals surface area contributed by atoms with Crippen LogP contribution in [0, 0.1) is 0 Å². The van der Waals surface area contributed by atoms with E-state index < -0.39 is 32.1 Å². The molecule has 10 nitrogen and oxygen atoms in total. The lowest BCUT2D eigenvalue weighted by Gasteiger charge is -2.28. The van der Waals surface area contributed by atoms with E-state index in [1.165, 1.54) is 77.0 Å². The Morgan fingerprint density at radius 3 is 1.60 bits per heavy atom. The molecule has 0 aromatic carbocycles. The SMILES string of the molecule is CCCCCCCCCCCCCCCCOCC(COP(=O)([O-])OCC[N+](C)(C)C)OC(=O)CC/C=C/C/C=C/C/C=C/C/C=C/C/C=C/CC(O)C(O)CC. The summed E-state index contributed by atoms with van der Waals surface area (Å²) in [5.74, 6) is -0.434. The Hall–Kier alpha value is -1.88. The summed E-state index contributed by atoms with van der Waals surface area (Å²) in [7, 11) is 1.27. The average molecular weight is 826 g/mol. The molecule has 0 radical (unpaired) electrons. The summed E-state index contributed by atoms with van der Waals surface area (Å²) in [4.78, 5) is 25.0. The largest absolute Gasteiger partial charge is 0.756 e. The molecular weight excluding hydrogens is 741 g/mol. The number of hydrogen-bond acceptors (Lipinski definition) is 9. The van der Waals surface area contributed by atoms with Crippen molar-refractivity contribution in [1.82, 2.24) is 0 Å². The summed E-state index contributed by atoms with van der Waals surface area (Å²) in [6.07, 6.45) is 41.0. The van der Waals surface area contributed by atoms with Crippen molar-refractivity contribution < 1.29 is 47.5 Å². The number of allylic oxidation sites excluding steroid dienone is 9. The number of ether oxygens (including phenoxy) is 2. The van der Waals surface area contributed by atoms with Gasteiger partial charge in [-0.1, -0.05) is 158 Å². The fourth-order valence-electron chi connectivity index (χ4n) is 5.68. The number of likely N-dealkylation sites (N-methyl/N-ethyl adjacent to an activating group) is 1. The van der Waals surface area contributed by atoms with Gasteiger partial charge in [0.1, 0.15) is 19.3 Å². The molecule has 0 bridgehead atoms. The number of aliphatic hydroxyl groups is 2. The van der Waals surface area contributed by atoms with Crippen LogP contribution in [0.15, 0.2) is 60.8 Å². The van der Waals surface area contributed by atoms with Gasteiger partial charge in [0.25, 0.3) is 7.82 Å². The summed E-state index contributed by atoms with van der Waals surface area (Å²) in [6.45, 7) is 4.83. The third-order valence-electron chi connectivity index (χ3n) is 9.35. The number of rotatable bonds is 40. The summed E-state index contributed by atoms with van der Waals surface area (Å²) >= 11 is 0. The number of carbonyl (C=O) groups is 1. The first-order valence-corrected chi connectivity index (χ1v) is 23.6. The average Bonchev–Trinajstić information content (AvgIpc) is 3.16. The molecule has 332 valence electrons. The van der Waals surface area contributed by atoms with Crippen LogP contribution in [0.25, 0.3) is 0 Å². The number of esters is 1. The molecule has 4 atom stereocenters. The number of quaternary nitrogens is 1. The van der Waals surface area contributed by atoms with Crippen molar-refractivity contribution in [1.29, 1.82) is 0 Å². The van der Waals surface area contributed by atoms with Crippen molar-refractivity contribution in [2.24, 2.45) is 0 Å². The highest BCUT2D eigenvalue weighted by Gasteiger charge is 2.20. The first-order valence-electron chi connectivity index (χ1n) is 22.2. The van der Waals surface area contributed by atoms with E-state index in [-0.39, 0.29) is 26.2 Å². The zero-order valence-corrected chi connectivity index (χ0v) is 37.6. The van der Waals surface area contributed by atoms with Crippen molar-refractivity contribution in [3.63, 3.8) is 0 Å². The fourth-order valence-corrected chi connectivity index (χ4v) is 6.41. The van der Waals surface area contributed by atoms with Crippen LogP contribution in [0.5, 0.6) is 0 Å². The van der Waals surface area contributed by atoms with Gasteiger partial charge in [-0.2, -0.15) is 0 Å². The van der Waals surface area contributed by atoms with E-state index in [0.717, 1.165) is 38.5 Å². The minimum atomic E-state index is -4.56. The van der Waals surface area contributed by atoms with E-state index in [1.54, 1.807) is 0 Å². The topological polar surface area (TPSA) is 135 Å². The number of aliphatic hydroxyl groups excluding tert-OH is 2. The second-order valence-electron chi connectivity index (χ2n) is 16.0. The molecule has 11 heteroatoms. The number of unbranched alkanes of at least 4 members (excludes halogenated alkanes) is 13. The zero-order chi connectivity index (χ0) is 42.3. The Labute approximate surface area is 348 Å². The van der Waals surface area contributed by atoms with Crippen LogP contribution < -0.4 is 4.89 Å². The summed E-state index contributed by atoms with van der Waals surface area (Å²) in [6, 6.07) is 0. The van der Waals surface area contributed by atoms with E-state index in [9.17, 15) is 24.5 Å². The third-order valence-corrected chi connectivity index (χ3v) is 10.3. The van der Waals surface area contributed by atoms with Gasteiger partial charge in [-0.25, -0.2) is 0 Å². The van der Waals surface area contributed by atoms with Gasteiger partial charge in [0.2, 0.25) is 0 Å². The Bertz CT molecular complexity index is 1130. The standard InChI is InChI=1S/C46H84NO9P/c1-6-8-9-10-11-12-13-14-20-23-26-29-32-35-39-53-41-43(42-55-57(51,52)54-40-38-47(3,4)5)56-46(50)37-34-31-28-25-22-19-17-15-16-18-21-24-27-30-33-36-45(49)44(48)7-2/h15-16,19,21-22,24,28,30-31,33,43-45,48-49H,6-14,17-18,20,23,25-27,29,32,34-42H2,1-5H3/b16-15+,22-19+,24-21+,31-28+,33-30+. The van der Waals surface area contributed by atoms with Gasteiger partial charge >= 0.3 is 5.97 Å². The lowest BCUT2D eigenvalue weighted by atomic mass is 10.0. The van der Waals surface area contributed by atoms with E-state index >= 15 is 0 Å². The molecular formula is C46H84NO9P. The van der Waals surface area contributed by atoms with Crippen LogP contribution >= 0.6 is 7.82 Å². The Balaban J connectivity index is 4.40. The minimum absolute atomic E-state index is 0.000220. The second-order valence-corrected chi connectivity index (χ2v) is 17.4. The fraction of sp³-hybridized carbons (Fsp3) is 0.761. The molecule has 0 aliphatic carbocycles. The highest BCUT2D eigenvalue weighted by Crippen LogP contribution is 2.38. The van der Waals surface area contributed by atoms with Gasteiger partial charge in [-0.3, -0.25) is 9.36 Å². The van der Waals surface area contributed by atoms with Crippen LogP contribution in [0.1, 0.15) is 155 Å². The van der Waals surface area contributed by atoms with E-state index in [4.69, 9.17) is 18.5 Å². The molecule has 0 heterocycles. The van der Waals surface area contributed by atoms with Gasteiger partial charge in [-0.05, 0) is 51.4 Å². The molecule has 0 aliphatic rings. The van der Waals surface area contributed by atoms with Crippen molar-refractivity contribution in [3.8, 4) is 0 Å². The third kappa shape index (κ3) is 40.7. The first-order chi connectivity index (χ1) is 27.4. The number of nitrogens with zero attached hydrogens (tertiary/aromatic N) is 1. The van der Waals surface area contributed by atoms with E-state index in [2.05, 4.69) is 43.4 Å². The van der Waals surface area contributed by atoms with Gasteiger partial charge in [0.15, 0.2) is 0 Å². The maximum Gasteiger partial charge on any atom is 0.306 e. The maximum absolute atomic E-state index is 12.6. The molecule has 0 fully saturated rings. The molecule has 0 spiro atoms. The quantitative estimate of drug-likeness (QED) is 0.0204. The lowest BCUT2D eigenvalue weighted by molar-refractivity contribution is -0.870. The number of carbonyl (C=O) groups excluding carboxylic acids is 1. The van der Waals surface area contributed by atoms with Crippen LogP contribution in [0.2, 0.25) is 0 Å². The number of hydrogen-bond donors (Lipinski definition) is 2. The first kappa shape index (κ1) is 55.1.